The lowest BCUT2D eigenvalue weighted by Gasteiger charge is -2.24. The highest BCUT2D eigenvalue weighted by Crippen LogP contribution is 2.19. The summed E-state index contributed by atoms with van der Waals surface area (Å²) in [4.78, 5) is 53.8. The molecule has 0 fully saturated rings. The van der Waals surface area contributed by atoms with Crippen LogP contribution < -0.4 is 21.7 Å². The Morgan fingerprint density at radius 3 is 2.17 bits per heavy atom. The van der Waals surface area contributed by atoms with Crippen LogP contribution in [0.4, 0.5) is 0 Å². The number of aromatic nitrogens is 1. The zero-order valence-electron chi connectivity index (χ0n) is 22.1. The molecular weight excluding hydrogens is 534 g/mol. The molecular formula is C28H35N5O6S. The molecule has 214 valence electrons. The normalized spacial score (nSPS) is 14.1. The number of thioether (sulfide) groups is 1. The van der Waals surface area contributed by atoms with Crippen LogP contribution in [-0.2, 0) is 32.0 Å². The fourth-order valence-corrected chi connectivity index (χ4v) is 4.67. The van der Waals surface area contributed by atoms with E-state index in [1.165, 1.54) is 11.8 Å². The van der Waals surface area contributed by atoms with Crippen LogP contribution in [0.3, 0.4) is 0 Å². The first-order valence-corrected chi connectivity index (χ1v) is 14.2. The van der Waals surface area contributed by atoms with Gasteiger partial charge in [-0.15, -0.1) is 0 Å². The van der Waals surface area contributed by atoms with Gasteiger partial charge in [-0.3, -0.25) is 14.4 Å². The number of aliphatic carboxylic acids is 1. The van der Waals surface area contributed by atoms with Crippen molar-refractivity contribution < 1.29 is 29.4 Å². The van der Waals surface area contributed by atoms with E-state index in [1.54, 1.807) is 6.20 Å². The Balaban J connectivity index is 1.64. The number of aliphatic hydroxyl groups excluding tert-OH is 1. The lowest BCUT2D eigenvalue weighted by Crippen LogP contribution is -2.58. The second kappa shape index (κ2) is 15.1. The molecule has 12 heteroatoms. The third kappa shape index (κ3) is 8.57. The molecule has 0 spiro atoms. The number of hydrogen-bond acceptors (Lipinski definition) is 7. The number of carboxylic acid groups (broad SMARTS) is 1. The van der Waals surface area contributed by atoms with Crippen LogP contribution in [0.5, 0.6) is 0 Å². The maximum absolute atomic E-state index is 13.2. The summed E-state index contributed by atoms with van der Waals surface area (Å²) in [6.07, 6.45) is 4.01. The van der Waals surface area contributed by atoms with Gasteiger partial charge >= 0.3 is 5.97 Å². The Hall–Kier alpha value is -3.87. The number of nitrogens with two attached hydrogens (primary N) is 1. The van der Waals surface area contributed by atoms with Gasteiger partial charge in [0.1, 0.15) is 18.1 Å². The van der Waals surface area contributed by atoms with Crippen molar-refractivity contribution >= 4 is 46.4 Å². The molecule has 1 aromatic heterocycles. The predicted octanol–water partition coefficient (Wildman–Crippen LogP) is 0.565. The van der Waals surface area contributed by atoms with E-state index in [2.05, 4.69) is 20.9 Å². The van der Waals surface area contributed by atoms with E-state index in [0.717, 1.165) is 22.0 Å². The number of para-hydroxylation sites is 1. The van der Waals surface area contributed by atoms with E-state index in [9.17, 15) is 29.4 Å². The lowest BCUT2D eigenvalue weighted by molar-refractivity contribution is -0.142. The zero-order chi connectivity index (χ0) is 29.1. The van der Waals surface area contributed by atoms with Crippen molar-refractivity contribution in [1.29, 1.82) is 0 Å². The van der Waals surface area contributed by atoms with Gasteiger partial charge in [0.05, 0.1) is 12.6 Å². The summed E-state index contributed by atoms with van der Waals surface area (Å²) < 4.78 is 0. The summed E-state index contributed by atoms with van der Waals surface area (Å²) in [5.74, 6) is -2.82. The largest absolute Gasteiger partial charge is 0.480 e. The summed E-state index contributed by atoms with van der Waals surface area (Å²) in [7, 11) is 0. The van der Waals surface area contributed by atoms with Crippen molar-refractivity contribution in [2.24, 2.45) is 5.73 Å². The van der Waals surface area contributed by atoms with Crippen LogP contribution >= 0.6 is 11.8 Å². The quantitative estimate of drug-likeness (QED) is 0.138. The van der Waals surface area contributed by atoms with Gasteiger partial charge < -0.3 is 36.9 Å². The molecule has 1 heterocycles. The maximum atomic E-state index is 13.2. The van der Waals surface area contributed by atoms with Gasteiger partial charge in [-0.1, -0.05) is 48.5 Å². The van der Waals surface area contributed by atoms with Gasteiger partial charge in [-0.25, -0.2) is 4.79 Å². The molecule has 3 amide bonds. The minimum atomic E-state index is -1.35. The first-order valence-electron chi connectivity index (χ1n) is 12.8. The average molecular weight is 570 g/mol. The molecule has 4 atom stereocenters. The number of carbonyl (C=O) groups excluding carboxylic acids is 3. The number of amides is 3. The third-order valence-corrected chi connectivity index (χ3v) is 7.05. The Morgan fingerprint density at radius 2 is 1.50 bits per heavy atom. The SMILES string of the molecule is CSCCC(NC(=O)C(CO)NC(=O)C(N)Cc1ccccc1)C(=O)NC(Cc1c[nH]c2ccccc12)C(=O)O. The monoisotopic (exact) mass is 569 g/mol. The van der Waals surface area contributed by atoms with E-state index >= 15 is 0 Å². The van der Waals surface area contributed by atoms with Gasteiger partial charge in [0, 0.05) is 23.5 Å². The fourth-order valence-electron chi connectivity index (χ4n) is 4.20. The molecule has 0 bridgehead atoms. The molecule has 0 aliphatic heterocycles. The van der Waals surface area contributed by atoms with Crippen LogP contribution in [0.2, 0.25) is 0 Å². The van der Waals surface area contributed by atoms with Crippen molar-refractivity contribution in [3.63, 3.8) is 0 Å². The predicted molar refractivity (Wildman–Crippen MR) is 154 cm³/mol. The van der Waals surface area contributed by atoms with Gasteiger partial charge in [0.15, 0.2) is 0 Å². The van der Waals surface area contributed by atoms with Gasteiger partial charge in [-0.05, 0) is 42.0 Å². The molecule has 8 N–H and O–H groups in total. The number of aromatic amines is 1. The molecule has 11 nitrogen and oxygen atoms in total. The summed E-state index contributed by atoms with van der Waals surface area (Å²) >= 11 is 1.45. The standard InChI is InChI=1S/C28H35N5O6S/c1-40-12-11-22(26(36)32-23(28(38)39)14-18-15-30-21-10-6-5-9-19(18)21)31-27(37)24(16-34)33-25(35)20(29)13-17-7-3-2-4-8-17/h2-10,15,20,22-24,30,34H,11-14,16,29H2,1H3,(H,31,37)(H,32,36)(H,33,35)(H,38,39). The first-order chi connectivity index (χ1) is 19.2. The zero-order valence-corrected chi connectivity index (χ0v) is 22.9. The van der Waals surface area contributed by atoms with Crippen molar-refractivity contribution in [3.05, 3.63) is 71.9 Å². The van der Waals surface area contributed by atoms with Gasteiger partial charge in [-0.2, -0.15) is 11.8 Å². The van der Waals surface area contributed by atoms with E-state index in [0.29, 0.717) is 5.75 Å². The number of nitrogens with one attached hydrogen (secondary N) is 4. The molecule has 4 unspecified atom stereocenters. The summed E-state index contributed by atoms with van der Waals surface area (Å²) in [5.41, 5.74) is 8.40. The van der Waals surface area contributed by atoms with E-state index < -0.39 is 54.5 Å². The van der Waals surface area contributed by atoms with E-state index in [1.807, 2.05) is 60.9 Å². The fraction of sp³-hybridized carbons (Fsp3) is 0.357. The van der Waals surface area contributed by atoms with Crippen LogP contribution in [-0.4, -0.2) is 81.7 Å². The van der Waals surface area contributed by atoms with E-state index in [-0.39, 0.29) is 19.3 Å². The Morgan fingerprint density at radius 1 is 0.875 bits per heavy atom. The number of benzene rings is 2. The summed E-state index contributed by atoms with van der Waals surface area (Å²) in [6.45, 7) is -0.717. The maximum Gasteiger partial charge on any atom is 0.326 e. The molecule has 2 aromatic carbocycles. The topological polar surface area (TPSA) is 187 Å². The second-order valence-corrected chi connectivity index (χ2v) is 10.3. The third-order valence-electron chi connectivity index (χ3n) is 6.41. The van der Waals surface area contributed by atoms with Gasteiger partial charge in [0.2, 0.25) is 17.7 Å². The molecule has 0 aliphatic rings. The summed E-state index contributed by atoms with van der Waals surface area (Å²) in [5, 5.41) is 28.0. The number of carbonyl (C=O) groups is 4. The minimum absolute atomic E-state index is 0.0307. The molecule has 0 saturated heterocycles. The lowest BCUT2D eigenvalue weighted by atomic mass is 10.0. The van der Waals surface area contributed by atoms with Crippen LogP contribution in [0.15, 0.2) is 60.8 Å². The smallest absolute Gasteiger partial charge is 0.326 e. The number of rotatable bonds is 15. The van der Waals surface area contributed by atoms with E-state index in [4.69, 9.17) is 5.73 Å². The van der Waals surface area contributed by atoms with Crippen molar-refractivity contribution in [2.45, 2.75) is 43.4 Å². The molecule has 0 radical (unpaired) electrons. The summed E-state index contributed by atoms with van der Waals surface area (Å²) in [6, 6.07) is 11.9. The molecule has 0 saturated carbocycles. The minimum Gasteiger partial charge on any atom is -0.480 e. The number of fused-ring (bicyclic) bond motifs is 1. The number of hydrogen-bond donors (Lipinski definition) is 7. The van der Waals surface area contributed by atoms with Gasteiger partial charge in [0.25, 0.3) is 0 Å². The number of H-pyrrole nitrogens is 1. The highest BCUT2D eigenvalue weighted by Gasteiger charge is 2.30. The van der Waals surface area contributed by atoms with Crippen LogP contribution in [0.25, 0.3) is 10.9 Å². The van der Waals surface area contributed by atoms with Crippen LogP contribution in [0, 0.1) is 0 Å². The molecule has 3 rings (SSSR count). The Bertz CT molecular complexity index is 1300. The Labute approximate surface area is 236 Å². The van der Waals surface area contributed by atoms with Crippen molar-refractivity contribution in [1.82, 2.24) is 20.9 Å². The number of carboxylic acids is 1. The second-order valence-electron chi connectivity index (χ2n) is 9.35. The first kappa shape index (κ1) is 30.7. The van der Waals surface area contributed by atoms with Crippen molar-refractivity contribution in [3.8, 4) is 0 Å². The average Bonchev–Trinajstić information content (AvgIpc) is 3.36. The highest BCUT2D eigenvalue weighted by atomic mass is 32.2. The van der Waals surface area contributed by atoms with Crippen LogP contribution in [0.1, 0.15) is 17.5 Å². The molecule has 3 aromatic rings. The van der Waals surface area contributed by atoms with Crippen molar-refractivity contribution in [2.75, 3.05) is 18.6 Å². The highest BCUT2D eigenvalue weighted by molar-refractivity contribution is 7.98. The number of aliphatic hydroxyl groups is 1. The molecule has 40 heavy (non-hydrogen) atoms. The Kier molecular flexibility index (Phi) is 11.5. The molecule has 0 aliphatic carbocycles.